The van der Waals surface area contributed by atoms with E-state index in [2.05, 4.69) is 4.90 Å². The van der Waals surface area contributed by atoms with E-state index in [-0.39, 0.29) is 29.6 Å². The van der Waals surface area contributed by atoms with Gasteiger partial charge in [0.2, 0.25) is 0 Å². The van der Waals surface area contributed by atoms with E-state index in [1.807, 2.05) is 6.07 Å². The molecule has 0 unspecified atom stereocenters. The Morgan fingerprint density at radius 1 is 1.12 bits per heavy atom. The van der Waals surface area contributed by atoms with Gasteiger partial charge in [-0.2, -0.15) is 0 Å². The van der Waals surface area contributed by atoms with Crippen molar-refractivity contribution in [3.8, 4) is 5.75 Å². The van der Waals surface area contributed by atoms with Crippen LogP contribution in [0.15, 0.2) is 42.5 Å². The highest BCUT2D eigenvalue weighted by molar-refractivity contribution is 5.97. The molecule has 6 heteroatoms. The fourth-order valence-electron chi connectivity index (χ4n) is 3.62. The molecule has 1 fully saturated rings. The second kappa shape index (κ2) is 6.11. The van der Waals surface area contributed by atoms with Crippen LogP contribution in [-0.2, 0) is 6.54 Å². The molecule has 2 heterocycles. The summed E-state index contributed by atoms with van der Waals surface area (Å²) in [6.45, 7) is 1.79. The van der Waals surface area contributed by atoms with Gasteiger partial charge in [-0.15, -0.1) is 0 Å². The highest BCUT2D eigenvalue weighted by atomic mass is 19.1. The van der Waals surface area contributed by atoms with E-state index in [0.717, 1.165) is 5.56 Å². The zero-order chi connectivity index (χ0) is 17.6. The first kappa shape index (κ1) is 16.0. The van der Waals surface area contributed by atoms with E-state index in [1.165, 1.54) is 30.3 Å². The molecule has 0 N–H and O–H groups in total. The van der Waals surface area contributed by atoms with Crippen molar-refractivity contribution in [2.45, 2.75) is 18.7 Å². The van der Waals surface area contributed by atoms with Crippen LogP contribution >= 0.6 is 0 Å². The maximum absolute atomic E-state index is 13.5. The molecule has 0 aromatic heterocycles. The van der Waals surface area contributed by atoms with Gasteiger partial charge >= 0.3 is 0 Å². The van der Waals surface area contributed by atoms with Crippen molar-refractivity contribution in [2.75, 3.05) is 20.1 Å². The molecule has 1 saturated heterocycles. The molecule has 25 heavy (non-hydrogen) atoms. The number of hydrogen-bond donors (Lipinski definition) is 0. The molecule has 130 valence electrons. The molecule has 1 amide bonds. The normalized spacial score (nSPS) is 23.0. The second-order valence-corrected chi connectivity index (χ2v) is 6.60. The number of hydrogen-bond acceptors (Lipinski definition) is 3. The van der Waals surface area contributed by atoms with Gasteiger partial charge in [-0.05, 0) is 29.8 Å². The minimum absolute atomic E-state index is 0.128. The third-order valence-corrected chi connectivity index (χ3v) is 4.88. The van der Waals surface area contributed by atoms with Crippen molar-refractivity contribution in [2.24, 2.45) is 0 Å². The van der Waals surface area contributed by atoms with Crippen LogP contribution in [0.25, 0.3) is 0 Å². The van der Waals surface area contributed by atoms with Crippen molar-refractivity contribution < 1.29 is 18.3 Å². The SMILES string of the molecule is CN1C(=O)c2ccc(F)cc2O[C@H]2CN(Cc3cccc(F)c3)C[C@H]21. The van der Waals surface area contributed by atoms with Gasteiger partial charge in [0.15, 0.2) is 0 Å². The van der Waals surface area contributed by atoms with E-state index in [4.69, 9.17) is 4.74 Å². The predicted octanol–water partition coefficient (Wildman–Crippen LogP) is 2.68. The molecule has 0 bridgehead atoms. The van der Waals surface area contributed by atoms with Crippen LogP contribution in [0.3, 0.4) is 0 Å². The lowest BCUT2D eigenvalue weighted by Gasteiger charge is -2.25. The van der Waals surface area contributed by atoms with Gasteiger partial charge in [-0.25, -0.2) is 8.78 Å². The summed E-state index contributed by atoms with van der Waals surface area (Å²) >= 11 is 0. The zero-order valence-corrected chi connectivity index (χ0v) is 13.8. The molecular formula is C19H18F2N2O2. The van der Waals surface area contributed by atoms with Crippen LogP contribution in [0.1, 0.15) is 15.9 Å². The summed E-state index contributed by atoms with van der Waals surface area (Å²) in [5, 5.41) is 0. The van der Waals surface area contributed by atoms with E-state index < -0.39 is 5.82 Å². The summed E-state index contributed by atoms with van der Waals surface area (Å²) in [6, 6.07) is 10.4. The number of fused-ring (bicyclic) bond motifs is 2. The average Bonchev–Trinajstić information content (AvgIpc) is 2.92. The third kappa shape index (κ3) is 2.98. The lowest BCUT2D eigenvalue weighted by Crippen LogP contribution is -2.44. The second-order valence-electron chi connectivity index (χ2n) is 6.60. The maximum atomic E-state index is 13.5. The van der Waals surface area contributed by atoms with E-state index in [9.17, 15) is 13.6 Å². The Morgan fingerprint density at radius 3 is 2.72 bits per heavy atom. The Hall–Kier alpha value is -2.47. The standard InChI is InChI=1S/C19H18F2N2O2/c1-22-16-10-23(9-12-3-2-4-13(20)7-12)11-18(16)25-17-8-14(21)5-6-15(17)19(22)24/h2-8,16,18H,9-11H2,1H3/t16-,18+/m1/s1. The quantitative estimate of drug-likeness (QED) is 0.840. The number of carbonyl (C=O) groups is 1. The van der Waals surface area contributed by atoms with Crippen LogP contribution in [0.4, 0.5) is 8.78 Å². The van der Waals surface area contributed by atoms with Crippen LogP contribution in [0.5, 0.6) is 5.75 Å². The summed E-state index contributed by atoms with van der Waals surface area (Å²) in [7, 11) is 1.74. The van der Waals surface area contributed by atoms with Crippen molar-refractivity contribution in [1.82, 2.24) is 9.80 Å². The molecule has 4 nitrogen and oxygen atoms in total. The minimum Gasteiger partial charge on any atom is -0.486 e. The Morgan fingerprint density at radius 2 is 1.92 bits per heavy atom. The van der Waals surface area contributed by atoms with Gasteiger partial charge in [-0.3, -0.25) is 9.69 Å². The van der Waals surface area contributed by atoms with Gasteiger partial charge in [0.1, 0.15) is 23.5 Å². The molecule has 0 spiro atoms. The van der Waals surface area contributed by atoms with Crippen LogP contribution in [0.2, 0.25) is 0 Å². The zero-order valence-electron chi connectivity index (χ0n) is 13.8. The Labute approximate surface area is 144 Å². The minimum atomic E-state index is -0.428. The van der Waals surface area contributed by atoms with Gasteiger partial charge in [-0.1, -0.05) is 12.1 Å². The van der Waals surface area contributed by atoms with Gasteiger partial charge in [0, 0.05) is 32.7 Å². The molecule has 0 aliphatic carbocycles. The first-order valence-electron chi connectivity index (χ1n) is 8.21. The third-order valence-electron chi connectivity index (χ3n) is 4.88. The summed E-state index contributed by atoms with van der Waals surface area (Å²) < 4.78 is 32.9. The van der Waals surface area contributed by atoms with Crippen molar-refractivity contribution in [3.05, 3.63) is 65.2 Å². The first-order valence-corrected chi connectivity index (χ1v) is 8.21. The Balaban J connectivity index is 1.57. The van der Waals surface area contributed by atoms with Crippen molar-refractivity contribution >= 4 is 5.91 Å². The molecule has 2 aromatic rings. The number of rotatable bonds is 2. The van der Waals surface area contributed by atoms with E-state index in [0.29, 0.717) is 25.2 Å². The van der Waals surface area contributed by atoms with Crippen LogP contribution in [-0.4, -0.2) is 48.0 Å². The van der Waals surface area contributed by atoms with Crippen molar-refractivity contribution in [1.29, 1.82) is 0 Å². The molecule has 2 aliphatic rings. The van der Waals surface area contributed by atoms with Gasteiger partial charge in [0.25, 0.3) is 5.91 Å². The molecule has 0 radical (unpaired) electrons. The van der Waals surface area contributed by atoms with Crippen LogP contribution in [0, 0.1) is 11.6 Å². The smallest absolute Gasteiger partial charge is 0.257 e. The molecule has 4 rings (SSSR count). The number of likely N-dealkylation sites (N-methyl/N-ethyl adjacent to an activating group) is 1. The monoisotopic (exact) mass is 344 g/mol. The fraction of sp³-hybridized carbons (Fsp3) is 0.316. The lowest BCUT2D eigenvalue weighted by atomic mass is 10.1. The largest absolute Gasteiger partial charge is 0.486 e. The molecule has 2 aromatic carbocycles. The summed E-state index contributed by atoms with van der Waals surface area (Å²) in [5.74, 6) is -0.576. The Bertz CT molecular complexity index is 827. The highest BCUT2D eigenvalue weighted by Gasteiger charge is 2.42. The van der Waals surface area contributed by atoms with Gasteiger partial charge < -0.3 is 9.64 Å². The van der Waals surface area contributed by atoms with Crippen LogP contribution < -0.4 is 4.74 Å². The number of benzene rings is 2. The van der Waals surface area contributed by atoms with Gasteiger partial charge in [0.05, 0.1) is 11.6 Å². The fourth-order valence-corrected chi connectivity index (χ4v) is 3.62. The maximum Gasteiger partial charge on any atom is 0.257 e. The van der Waals surface area contributed by atoms with E-state index in [1.54, 1.807) is 18.0 Å². The predicted molar refractivity (Wildman–Crippen MR) is 88.4 cm³/mol. The number of nitrogens with zero attached hydrogens (tertiary/aromatic N) is 2. The summed E-state index contributed by atoms with van der Waals surface area (Å²) in [5.41, 5.74) is 1.26. The van der Waals surface area contributed by atoms with E-state index >= 15 is 0 Å². The Kier molecular flexibility index (Phi) is 3.92. The number of carbonyl (C=O) groups excluding carboxylic acids is 1. The van der Waals surface area contributed by atoms with Crippen molar-refractivity contribution in [3.63, 3.8) is 0 Å². The average molecular weight is 344 g/mol. The molecule has 2 atom stereocenters. The number of ether oxygens (including phenoxy) is 1. The molecule has 0 saturated carbocycles. The first-order chi connectivity index (χ1) is 12.0. The molecular weight excluding hydrogens is 326 g/mol. The number of amides is 1. The summed E-state index contributed by atoms with van der Waals surface area (Å²) in [6.07, 6.45) is -0.245. The number of likely N-dealkylation sites (tertiary alicyclic amines) is 1. The topological polar surface area (TPSA) is 32.8 Å². The highest BCUT2D eigenvalue weighted by Crippen LogP contribution is 2.31. The summed E-state index contributed by atoms with van der Waals surface area (Å²) in [4.78, 5) is 16.4. The molecule has 2 aliphatic heterocycles. The lowest BCUT2D eigenvalue weighted by molar-refractivity contribution is 0.0682. The number of halogens is 2.